The molecule has 198 valence electrons. The van der Waals surface area contributed by atoms with Gasteiger partial charge < -0.3 is 0 Å². The molecule has 2 aliphatic rings. The van der Waals surface area contributed by atoms with Gasteiger partial charge in [0.2, 0.25) is 0 Å². The standard InChI is InChI=1S/C32H26N4O4/c1-21-29(31(39)35(33-21)25-9-5-3-6-10-25)27(37)19-17-23-13-15-24(16-14-23)18-20-28(38)30-22(2)34-36(32(30)40)26-11-7-4-8-12-26/h3-20,29-30H,1-2H3/b19-17+,20-18+. The van der Waals surface area contributed by atoms with E-state index in [0.717, 1.165) is 11.1 Å². The van der Waals surface area contributed by atoms with Crippen LogP contribution in [0.25, 0.3) is 12.2 Å². The van der Waals surface area contributed by atoms with Gasteiger partial charge in [0.05, 0.1) is 22.8 Å². The van der Waals surface area contributed by atoms with Gasteiger partial charge in [-0.05, 0) is 61.4 Å². The van der Waals surface area contributed by atoms with Crippen molar-refractivity contribution in [3.8, 4) is 0 Å². The minimum absolute atomic E-state index is 0.345. The molecule has 40 heavy (non-hydrogen) atoms. The second-order valence-electron chi connectivity index (χ2n) is 9.46. The van der Waals surface area contributed by atoms with Crippen LogP contribution in [0.2, 0.25) is 0 Å². The maximum Gasteiger partial charge on any atom is 0.264 e. The summed E-state index contributed by atoms with van der Waals surface area (Å²) < 4.78 is 0. The third-order valence-electron chi connectivity index (χ3n) is 6.65. The molecule has 0 saturated heterocycles. The number of para-hydroxylation sites is 2. The van der Waals surface area contributed by atoms with Crippen molar-refractivity contribution in [2.24, 2.45) is 22.0 Å². The van der Waals surface area contributed by atoms with E-state index in [1.165, 1.54) is 22.2 Å². The van der Waals surface area contributed by atoms with Crippen molar-refractivity contribution in [3.05, 3.63) is 108 Å². The fourth-order valence-electron chi connectivity index (χ4n) is 4.56. The topological polar surface area (TPSA) is 99.5 Å². The van der Waals surface area contributed by atoms with Gasteiger partial charge >= 0.3 is 0 Å². The molecule has 8 nitrogen and oxygen atoms in total. The largest absolute Gasteiger partial charge is 0.294 e. The highest BCUT2D eigenvalue weighted by molar-refractivity contribution is 6.30. The zero-order chi connectivity index (χ0) is 28.2. The lowest BCUT2D eigenvalue weighted by Crippen LogP contribution is -2.31. The Bertz CT molecular complexity index is 1470. The number of amides is 2. The van der Waals surface area contributed by atoms with E-state index in [-0.39, 0.29) is 23.4 Å². The van der Waals surface area contributed by atoms with Crippen molar-refractivity contribution >= 4 is 58.3 Å². The van der Waals surface area contributed by atoms with Crippen LogP contribution in [0.1, 0.15) is 25.0 Å². The Morgan fingerprint density at radius 1 is 0.600 bits per heavy atom. The molecule has 0 fully saturated rings. The normalized spacial score (nSPS) is 19.1. The van der Waals surface area contributed by atoms with E-state index in [9.17, 15) is 19.2 Å². The first kappa shape index (κ1) is 26.4. The highest BCUT2D eigenvalue weighted by atomic mass is 16.2. The highest BCUT2D eigenvalue weighted by Crippen LogP contribution is 2.26. The molecule has 3 aromatic rings. The summed E-state index contributed by atoms with van der Waals surface area (Å²) in [4.78, 5) is 51.4. The van der Waals surface area contributed by atoms with Crippen LogP contribution in [-0.4, -0.2) is 34.8 Å². The number of carbonyl (C=O) groups excluding carboxylic acids is 4. The lowest BCUT2D eigenvalue weighted by atomic mass is 9.97. The van der Waals surface area contributed by atoms with Crippen LogP contribution in [-0.2, 0) is 19.2 Å². The predicted molar refractivity (Wildman–Crippen MR) is 156 cm³/mol. The number of benzene rings is 3. The highest BCUT2D eigenvalue weighted by Gasteiger charge is 2.39. The van der Waals surface area contributed by atoms with Crippen molar-refractivity contribution < 1.29 is 19.2 Å². The summed E-state index contributed by atoms with van der Waals surface area (Å²) in [5.41, 5.74) is 3.62. The summed E-state index contributed by atoms with van der Waals surface area (Å²) in [5, 5.41) is 11.1. The summed E-state index contributed by atoms with van der Waals surface area (Å²) in [6.45, 7) is 3.34. The number of carbonyl (C=O) groups is 4. The van der Waals surface area contributed by atoms with E-state index in [2.05, 4.69) is 10.2 Å². The van der Waals surface area contributed by atoms with Crippen molar-refractivity contribution in [2.45, 2.75) is 13.8 Å². The van der Waals surface area contributed by atoms with E-state index in [0.29, 0.717) is 22.8 Å². The van der Waals surface area contributed by atoms with Gasteiger partial charge in [-0.15, -0.1) is 0 Å². The second kappa shape index (κ2) is 11.2. The van der Waals surface area contributed by atoms with Gasteiger partial charge in [-0.2, -0.15) is 20.2 Å². The van der Waals surface area contributed by atoms with Crippen LogP contribution >= 0.6 is 0 Å². The van der Waals surface area contributed by atoms with Gasteiger partial charge in [0.1, 0.15) is 11.8 Å². The molecule has 3 aromatic carbocycles. The van der Waals surface area contributed by atoms with Crippen molar-refractivity contribution in [1.82, 2.24) is 0 Å². The minimum Gasteiger partial charge on any atom is -0.294 e. The summed E-state index contributed by atoms with van der Waals surface area (Å²) in [6, 6.07) is 25.2. The van der Waals surface area contributed by atoms with Gasteiger partial charge in [0, 0.05) is 0 Å². The molecule has 0 radical (unpaired) electrons. The second-order valence-corrected chi connectivity index (χ2v) is 9.46. The molecule has 2 amide bonds. The van der Waals surface area contributed by atoms with Crippen LogP contribution < -0.4 is 10.0 Å². The molecule has 0 saturated carbocycles. The Morgan fingerprint density at radius 2 is 0.950 bits per heavy atom. The van der Waals surface area contributed by atoms with Crippen molar-refractivity contribution in [1.29, 1.82) is 0 Å². The lowest BCUT2D eigenvalue weighted by Gasteiger charge is -2.12. The molecular weight excluding hydrogens is 504 g/mol. The number of anilines is 2. The zero-order valence-corrected chi connectivity index (χ0v) is 22.0. The SMILES string of the molecule is CC1=NN(c2ccccc2)C(=O)C1C(=O)/C=C/c1ccc(/C=C/C(=O)C2C(=O)N(c3ccccc3)N=C2C)cc1. The van der Waals surface area contributed by atoms with E-state index >= 15 is 0 Å². The number of rotatable bonds is 8. The molecule has 5 rings (SSSR count). The summed E-state index contributed by atoms with van der Waals surface area (Å²) in [5.74, 6) is -3.35. The number of hydrogen-bond donors (Lipinski definition) is 0. The Kier molecular flexibility index (Phi) is 7.41. The first-order valence-electron chi connectivity index (χ1n) is 12.8. The van der Waals surface area contributed by atoms with E-state index in [1.807, 2.05) is 12.1 Å². The van der Waals surface area contributed by atoms with Gasteiger partial charge in [0.15, 0.2) is 11.6 Å². The van der Waals surface area contributed by atoms with Gasteiger partial charge in [-0.3, -0.25) is 19.2 Å². The van der Waals surface area contributed by atoms with Crippen LogP contribution in [0, 0.1) is 11.8 Å². The number of hydrogen-bond acceptors (Lipinski definition) is 6. The van der Waals surface area contributed by atoms with Crippen LogP contribution in [0.5, 0.6) is 0 Å². The molecular formula is C32H26N4O4. The van der Waals surface area contributed by atoms with Gasteiger partial charge in [-0.25, -0.2) is 0 Å². The molecule has 0 spiro atoms. The molecule has 8 heteroatoms. The number of allylic oxidation sites excluding steroid dienone is 2. The van der Waals surface area contributed by atoms with Gasteiger partial charge in [0.25, 0.3) is 11.8 Å². The molecule has 0 aliphatic carbocycles. The summed E-state index contributed by atoms with van der Waals surface area (Å²) in [7, 11) is 0. The quantitative estimate of drug-likeness (QED) is 0.305. The summed E-state index contributed by atoms with van der Waals surface area (Å²) >= 11 is 0. The molecule has 2 aliphatic heterocycles. The van der Waals surface area contributed by atoms with Crippen LogP contribution in [0.15, 0.2) is 107 Å². The third-order valence-corrected chi connectivity index (χ3v) is 6.65. The monoisotopic (exact) mass is 530 g/mol. The first-order valence-corrected chi connectivity index (χ1v) is 12.8. The van der Waals surface area contributed by atoms with Crippen LogP contribution in [0.4, 0.5) is 11.4 Å². The Labute approximate surface area is 231 Å². The average Bonchev–Trinajstić information content (AvgIpc) is 3.45. The van der Waals surface area contributed by atoms with Crippen molar-refractivity contribution in [3.63, 3.8) is 0 Å². The maximum atomic E-state index is 12.9. The number of ketones is 2. The molecule has 2 unspecified atom stereocenters. The Balaban J connectivity index is 1.20. The smallest absolute Gasteiger partial charge is 0.264 e. The minimum atomic E-state index is -0.951. The Morgan fingerprint density at radius 3 is 1.30 bits per heavy atom. The van der Waals surface area contributed by atoms with Gasteiger partial charge in [-0.1, -0.05) is 72.8 Å². The first-order chi connectivity index (χ1) is 19.3. The molecule has 0 aromatic heterocycles. The molecule has 0 bridgehead atoms. The lowest BCUT2D eigenvalue weighted by molar-refractivity contribution is -0.128. The summed E-state index contributed by atoms with van der Waals surface area (Å²) in [6.07, 6.45) is 6.05. The third kappa shape index (κ3) is 5.33. The fraction of sp³-hybridized carbons (Fsp3) is 0.125. The maximum absolute atomic E-state index is 12.9. The fourth-order valence-corrected chi connectivity index (χ4v) is 4.56. The zero-order valence-electron chi connectivity index (χ0n) is 22.0. The predicted octanol–water partition coefficient (Wildman–Crippen LogP) is 4.93. The van der Waals surface area contributed by atoms with Crippen molar-refractivity contribution in [2.75, 3.05) is 10.0 Å². The average molecular weight is 531 g/mol. The number of hydrazone groups is 2. The molecule has 2 atom stereocenters. The Hall–Kier alpha value is -5.24. The van der Waals surface area contributed by atoms with E-state index in [4.69, 9.17) is 0 Å². The van der Waals surface area contributed by atoms with E-state index in [1.54, 1.807) is 98.8 Å². The van der Waals surface area contributed by atoms with E-state index < -0.39 is 11.8 Å². The molecule has 2 heterocycles. The number of nitrogens with zero attached hydrogens (tertiary/aromatic N) is 4. The molecule has 0 N–H and O–H groups in total. The van der Waals surface area contributed by atoms with Crippen LogP contribution in [0.3, 0.4) is 0 Å².